The largest absolute Gasteiger partial charge is 0.493 e. The normalized spacial score (nSPS) is 11.4. The standard InChI is InChI=1S/C23H16Cl2N2O5S/c1-31-21-10-7-15(12-22(21)32-33(29,30)18-5-3-2-4-6-18)11-16(14-26)23(28)27-20-13-17(24)8-9-19(20)25/h2-13H,1H3,(H,27,28)/b16-11+. The zero-order valence-electron chi connectivity index (χ0n) is 17.1. The maximum Gasteiger partial charge on any atom is 0.339 e. The fraction of sp³-hybridized carbons (Fsp3) is 0.0435. The molecule has 1 N–H and O–H groups in total. The van der Waals surface area contributed by atoms with E-state index >= 15 is 0 Å². The van der Waals surface area contributed by atoms with E-state index < -0.39 is 16.0 Å². The predicted octanol–water partition coefficient (Wildman–Crippen LogP) is 5.32. The number of halogens is 2. The molecule has 168 valence electrons. The zero-order valence-corrected chi connectivity index (χ0v) is 19.4. The van der Waals surface area contributed by atoms with Crippen LogP contribution in [0.3, 0.4) is 0 Å². The van der Waals surface area contributed by atoms with Gasteiger partial charge in [-0.3, -0.25) is 4.79 Å². The van der Waals surface area contributed by atoms with Crippen molar-refractivity contribution in [2.24, 2.45) is 0 Å². The van der Waals surface area contributed by atoms with Gasteiger partial charge in [-0.25, -0.2) is 0 Å². The van der Waals surface area contributed by atoms with Crippen molar-refractivity contribution in [3.05, 3.63) is 87.9 Å². The molecule has 10 heteroatoms. The summed E-state index contributed by atoms with van der Waals surface area (Å²) in [6.45, 7) is 0. The Labute approximate surface area is 200 Å². The molecule has 3 aromatic carbocycles. The number of methoxy groups -OCH3 is 1. The van der Waals surface area contributed by atoms with Crippen molar-refractivity contribution >= 4 is 51.0 Å². The van der Waals surface area contributed by atoms with Gasteiger partial charge in [0.15, 0.2) is 11.5 Å². The van der Waals surface area contributed by atoms with E-state index in [9.17, 15) is 18.5 Å². The third-order valence-corrected chi connectivity index (χ3v) is 6.08. The van der Waals surface area contributed by atoms with Crippen molar-refractivity contribution in [3.63, 3.8) is 0 Å². The van der Waals surface area contributed by atoms with Crippen LogP contribution in [-0.2, 0) is 14.9 Å². The van der Waals surface area contributed by atoms with Crippen molar-refractivity contribution in [1.29, 1.82) is 5.26 Å². The summed E-state index contributed by atoms with van der Waals surface area (Å²) in [4.78, 5) is 12.5. The van der Waals surface area contributed by atoms with Gasteiger partial charge < -0.3 is 14.2 Å². The molecule has 0 spiro atoms. The highest BCUT2D eigenvalue weighted by atomic mass is 35.5. The summed E-state index contributed by atoms with van der Waals surface area (Å²) < 4.78 is 35.6. The minimum absolute atomic E-state index is 0.0384. The molecule has 33 heavy (non-hydrogen) atoms. The fourth-order valence-corrected chi connectivity index (χ4v) is 3.99. The van der Waals surface area contributed by atoms with Crippen molar-refractivity contribution in [3.8, 4) is 17.6 Å². The van der Waals surface area contributed by atoms with Gasteiger partial charge in [-0.2, -0.15) is 13.7 Å². The molecule has 0 unspecified atom stereocenters. The Morgan fingerprint density at radius 3 is 2.42 bits per heavy atom. The molecule has 0 saturated carbocycles. The number of nitrogens with one attached hydrogen (secondary N) is 1. The molecule has 0 bridgehead atoms. The van der Waals surface area contributed by atoms with E-state index in [0.29, 0.717) is 10.6 Å². The lowest BCUT2D eigenvalue weighted by atomic mass is 10.1. The Kier molecular flexibility index (Phi) is 7.61. The minimum atomic E-state index is -4.13. The van der Waals surface area contributed by atoms with Gasteiger partial charge >= 0.3 is 10.1 Å². The predicted molar refractivity (Wildman–Crippen MR) is 126 cm³/mol. The maximum absolute atomic E-state index is 12.6. The molecule has 0 aliphatic rings. The van der Waals surface area contributed by atoms with Gasteiger partial charge in [-0.15, -0.1) is 0 Å². The Morgan fingerprint density at radius 1 is 1.03 bits per heavy atom. The molecule has 0 aromatic heterocycles. The van der Waals surface area contributed by atoms with Gasteiger partial charge in [0.2, 0.25) is 0 Å². The Hall–Kier alpha value is -3.51. The highest BCUT2D eigenvalue weighted by Crippen LogP contribution is 2.32. The minimum Gasteiger partial charge on any atom is -0.493 e. The number of rotatable bonds is 7. The van der Waals surface area contributed by atoms with E-state index in [2.05, 4.69) is 5.32 Å². The van der Waals surface area contributed by atoms with Crippen LogP contribution in [0.4, 0.5) is 5.69 Å². The molecule has 0 heterocycles. The second-order valence-electron chi connectivity index (χ2n) is 6.51. The van der Waals surface area contributed by atoms with Crippen molar-refractivity contribution in [1.82, 2.24) is 0 Å². The van der Waals surface area contributed by atoms with Crippen molar-refractivity contribution < 1.29 is 22.1 Å². The first kappa shape index (κ1) is 24.1. The van der Waals surface area contributed by atoms with E-state index in [1.165, 1.54) is 55.7 Å². The number of hydrogen-bond donors (Lipinski definition) is 1. The lowest BCUT2D eigenvalue weighted by molar-refractivity contribution is -0.112. The van der Waals surface area contributed by atoms with Crippen LogP contribution < -0.4 is 14.2 Å². The van der Waals surface area contributed by atoms with E-state index in [-0.39, 0.29) is 32.7 Å². The lowest BCUT2D eigenvalue weighted by Crippen LogP contribution is -2.14. The topological polar surface area (TPSA) is 105 Å². The summed E-state index contributed by atoms with van der Waals surface area (Å²) in [5.41, 5.74) is 0.314. The van der Waals surface area contributed by atoms with Crippen LogP contribution in [0.5, 0.6) is 11.5 Å². The molecule has 3 rings (SSSR count). The third-order valence-electron chi connectivity index (χ3n) is 4.27. The summed E-state index contributed by atoms with van der Waals surface area (Å²) in [6.07, 6.45) is 1.27. The summed E-state index contributed by atoms with van der Waals surface area (Å²) >= 11 is 12.0. The highest BCUT2D eigenvalue weighted by Gasteiger charge is 2.19. The van der Waals surface area contributed by atoms with Gasteiger partial charge in [0.1, 0.15) is 16.5 Å². The average Bonchev–Trinajstić information content (AvgIpc) is 2.80. The SMILES string of the molecule is COc1ccc(/C=C(\C#N)C(=O)Nc2cc(Cl)ccc2Cl)cc1OS(=O)(=O)c1ccccc1. The third kappa shape index (κ3) is 6.05. The second kappa shape index (κ2) is 10.4. The summed E-state index contributed by atoms with van der Waals surface area (Å²) in [5.74, 6) is -0.678. The molecule has 0 aliphatic carbocycles. The first-order chi connectivity index (χ1) is 15.7. The summed E-state index contributed by atoms with van der Waals surface area (Å²) in [6, 6.07) is 18.3. The smallest absolute Gasteiger partial charge is 0.339 e. The lowest BCUT2D eigenvalue weighted by Gasteiger charge is -2.12. The van der Waals surface area contributed by atoms with Crippen LogP contribution in [0.25, 0.3) is 6.08 Å². The molecule has 3 aromatic rings. The summed E-state index contributed by atoms with van der Waals surface area (Å²) in [5, 5.41) is 12.6. The number of nitriles is 1. The number of nitrogens with zero attached hydrogens (tertiary/aromatic N) is 1. The van der Waals surface area contributed by atoms with Crippen molar-refractivity contribution in [2.45, 2.75) is 4.90 Å². The molecule has 0 atom stereocenters. The van der Waals surface area contributed by atoms with Crippen LogP contribution in [0, 0.1) is 11.3 Å². The summed E-state index contributed by atoms with van der Waals surface area (Å²) in [7, 11) is -2.78. The number of ether oxygens (including phenoxy) is 1. The van der Waals surface area contributed by atoms with Crippen LogP contribution in [0.1, 0.15) is 5.56 Å². The maximum atomic E-state index is 12.6. The number of carbonyl (C=O) groups is 1. The quantitative estimate of drug-likeness (QED) is 0.266. The van der Waals surface area contributed by atoms with Gasteiger partial charge in [-0.05, 0) is 54.1 Å². The Bertz CT molecular complexity index is 1370. The number of benzene rings is 3. The first-order valence-corrected chi connectivity index (χ1v) is 11.5. The molecule has 7 nitrogen and oxygen atoms in total. The Morgan fingerprint density at radius 2 is 1.76 bits per heavy atom. The molecular weight excluding hydrogens is 487 g/mol. The molecule has 0 saturated heterocycles. The zero-order chi connectivity index (χ0) is 24.0. The molecule has 1 amide bonds. The average molecular weight is 503 g/mol. The monoisotopic (exact) mass is 502 g/mol. The molecule has 0 fully saturated rings. The highest BCUT2D eigenvalue weighted by molar-refractivity contribution is 7.87. The van der Waals surface area contributed by atoms with Crippen molar-refractivity contribution in [2.75, 3.05) is 12.4 Å². The van der Waals surface area contributed by atoms with Gasteiger partial charge in [-0.1, -0.05) is 47.5 Å². The number of amides is 1. The second-order valence-corrected chi connectivity index (χ2v) is 8.90. The molecule has 0 radical (unpaired) electrons. The molecule has 0 aliphatic heterocycles. The van der Waals surface area contributed by atoms with Crippen LogP contribution in [0.15, 0.2) is 77.2 Å². The first-order valence-electron chi connectivity index (χ1n) is 9.29. The number of hydrogen-bond acceptors (Lipinski definition) is 6. The van der Waals surface area contributed by atoms with Gasteiger partial charge in [0.25, 0.3) is 5.91 Å². The fourth-order valence-electron chi connectivity index (χ4n) is 2.70. The van der Waals surface area contributed by atoms with E-state index in [4.69, 9.17) is 32.1 Å². The number of anilines is 1. The van der Waals surface area contributed by atoms with Crippen LogP contribution in [-0.4, -0.2) is 21.4 Å². The van der Waals surface area contributed by atoms with E-state index in [1.54, 1.807) is 24.3 Å². The van der Waals surface area contributed by atoms with E-state index in [1.807, 2.05) is 6.07 Å². The number of carbonyl (C=O) groups excluding carboxylic acids is 1. The molecular formula is C23H16Cl2N2O5S. The van der Waals surface area contributed by atoms with E-state index in [0.717, 1.165) is 0 Å². The van der Waals surface area contributed by atoms with Crippen LogP contribution >= 0.6 is 23.2 Å². The van der Waals surface area contributed by atoms with Crippen LogP contribution in [0.2, 0.25) is 10.0 Å². The van der Waals surface area contributed by atoms with Gasteiger partial charge in [0, 0.05) is 5.02 Å². The Balaban J connectivity index is 1.91. The van der Waals surface area contributed by atoms with Gasteiger partial charge in [0.05, 0.1) is 17.8 Å².